The maximum Gasteiger partial charge on any atom is 0.178 e. The highest BCUT2D eigenvalue weighted by molar-refractivity contribution is 5.82. The van der Waals surface area contributed by atoms with Gasteiger partial charge in [0, 0.05) is 17.3 Å². The Kier molecular flexibility index (Phi) is 2.29. The van der Waals surface area contributed by atoms with Crippen LogP contribution in [0.4, 0.5) is 0 Å². The van der Waals surface area contributed by atoms with Gasteiger partial charge >= 0.3 is 0 Å². The monoisotopic (exact) mass is 221 g/mol. The molecule has 82 valence electrons. The van der Waals surface area contributed by atoms with E-state index in [2.05, 4.69) is 15.0 Å². The molecule has 2 aromatic heterocycles. The average Bonchev–Trinajstić information content (AvgIpc) is 2.40. The summed E-state index contributed by atoms with van der Waals surface area (Å²) in [5.41, 5.74) is 2.75. The molecule has 0 bridgehead atoms. The lowest BCUT2D eigenvalue weighted by molar-refractivity contribution is 1.13. The number of hydrogen-bond donors (Lipinski definition) is 0. The third kappa shape index (κ3) is 1.76. The second-order valence-corrected chi connectivity index (χ2v) is 3.86. The van der Waals surface area contributed by atoms with Crippen molar-refractivity contribution in [3.05, 3.63) is 54.4 Å². The van der Waals surface area contributed by atoms with Crippen LogP contribution in [0.2, 0.25) is 0 Å². The molecule has 0 fully saturated rings. The molecule has 0 saturated carbocycles. The summed E-state index contributed by atoms with van der Waals surface area (Å²) in [6, 6.07) is 13.8. The fraction of sp³-hybridized carbons (Fsp3) is 0.0714. The Bertz CT molecular complexity index is 663. The van der Waals surface area contributed by atoms with Crippen LogP contribution in [0.3, 0.4) is 0 Å². The first kappa shape index (κ1) is 9.90. The van der Waals surface area contributed by atoms with Crippen LogP contribution < -0.4 is 0 Å². The Morgan fingerprint density at radius 1 is 0.882 bits per heavy atom. The van der Waals surface area contributed by atoms with E-state index < -0.39 is 0 Å². The van der Waals surface area contributed by atoms with Crippen molar-refractivity contribution in [1.82, 2.24) is 15.0 Å². The Hall–Kier alpha value is -2.29. The Morgan fingerprint density at radius 3 is 2.53 bits per heavy atom. The van der Waals surface area contributed by atoms with Gasteiger partial charge in [0.25, 0.3) is 0 Å². The standard InChI is InChI=1S/C14H11N3/c1-10-11-6-2-3-7-12(11)17-14(16-10)13-8-4-5-9-15-13/h2-9H,1H3. The molecule has 0 spiro atoms. The van der Waals surface area contributed by atoms with Crippen LogP contribution in [-0.4, -0.2) is 15.0 Å². The van der Waals surface area contributed by atoms with Crippen LogP contribution in [0.25, 0.3) is 22.4 Å². The first-order valence-corrected chi connectivity index (χ1v) is 5.49. The van der Waals surface area contributed by atoms with Gasteiger partial charge in [0.05, 0.1) is 5.52 Å². The van der Waals surface area contributed by atoms with Crippen LogP contribution in [0.5, 0.6) is 0 Å². The molecule has 2 heterocycles. The van der Waals surface area contributed by atoms with Gasteiger partial charge in [-0.1, -0.05) is 24.3 Å². The van der Waals surface area contributed by atoms with Gasteiger partial charge in [0.15, 0.2) is 5.82 Å². The molecule has 0 aliphatic carbocycles. The largest absolute Gasteiger partial charge is 0.253 e. The van der Waals surface area contributed by atoms with Crippen molar-refractivity contribution in [2.75, 3.05) is 0 Å². The molecule has 0 N–H and O–H groups in total. The van der Waals surface area contributed by atoms with E-state index in [1.807, 2.05) is 49.4 Å². The predicted molar refractivity (Wildman–Crippen MR) is 67.5 cm³/mol. The zero-order chi connectivity index (χ0) is 11.7. The van der Waals surface area contributed by atoms with E-state index in [-0.39, 0.29) is 0 Å². The first-order chi connectivity index (χ1) is 8.34. The highest BCUT2D eigenvalue weighted by atomic mass is 14.9. The lowest BCUT2D eigenvalue weighted by Crippen LogP contribution is -1.95. The molecule has 1 aromatic carbocycles. The molecular weight excluding hydrogens is 210 g/mol. The summed E-state index contributed by atoms with van der Waals surface area (Å²) in [6.45, 7) is 2.00. The van der Waals surface area contributed by atoms with Crippen LogP contribution >= 0.6 is 0 Å². The fourth-order valence-electron chi connectivity index (χ4n) is 1.84. The van der Waals surface area contributed by atoms with Gasteiger partial charge in [0.2, 0.25) is 0 Å². The van der Waals surface area contributed by atoms with Crippen molar-refractivity contribution in [1.29, 1.82) is 0 Å². The zero-order valence-corrected chi connectivity index (χ0v) is 9.46. The van der Waals surface area contributed by atoms with Gasteiger partial charge in [-0.05, 0) is 25.1 Å². The van der Waals surface area contributed by atoms with Gasteiger partial charge in [-0.2, -0.15) is 0 Å². The molecule has 3 nitrogen and oxygen atoms in total. The van der Waals surface area contributed by atoms with Crippen molar-refractivity contribution in [2.24, 2.45) is 0 Å². The van der Waals surface area contributed by atoms with E-state index in [9.17, 15) is 0 Å². The van der Waals surface area contributed by atoms with Crippen molar-refractivity contribution in [3.8, 4) is 11.5 Å². The van der Waals surface area contributed by atoms with Gasteiger partial charge in [-0.15, -0.1) is 0 Å². The number of benzene rings is 1. The Morgan fingerprint density at radius 2 is 1.71 bits per heavy atom. The minimum Gasteiger partial charge on any atom is -0.253 e. The van der Waals surface area contributed by atoms with Gasteiger partial charge in [-0.25, -0.2) is 9.97 Å². The Labute approximate surface area is 99.2 Å². The number of nitrogens with zero attached hydrogens (tertiary/aromatic N) is 3. The predicted octanol–water partition coefficient (Wildman–Crippen LogP) is 3.00. The number of hydrogen-bond acceptors (Lipinski definition) is 3. The normalized spacial score (nSPS) is 10.6. The van der Waals surface area contributed by atoms with Crippen LogP contribution in [-0.2, 0) is 0 Å². The highest BCUT2D eigenvalue weighted by Crippen LogP contribution is 2.19. The van der Waals surface area contributed by atoms with Crippen LogP contribution in [0.15, 0.2) is 48.7 Å². The van der Waals surface area contributed by atoms with Crippen molar-refractivity contribution in [2.45, 2.75) is 6.92 Å². The smallest absolute Gasteiger partial charge is 0.178 e. The topological polar surface area (TPSA) is 38.7 Å². The zero-order valence-electron chi connectivity index (χ0n) is 9.46. The number of para-hydroxylation sites is 1. The van der Waals surface area contributed by atoms with E-state index >= 15 is 0 Å². The fourth-order valence-corrected chi connectivity index (χ4v) is 1.84. The highest BCUT2D eigenvalue weighted by Gasteiger charge is 2.06. The lowest BCUT2D eigenvalue weighted by Gasteiger charge is -2.04. The summed E-state index contributed by atoms with van der Waals surface area (Å²) < 4.78 is 0. The van der Waals surface area contributed by atoms with E-state index in [0.29, 0.717) is 5.82 Å². The minimum atomic E-state index is 0.682. The molecule has 0 aliphatic rings. The summed E-state index contributed by atoms with van der Waals surface area (Å²) in [6.07, 6.45) is 1.75. The SMILES string of the molecule is Cc1nc(-c2ccccn2)nc2ccccc12. The third-order valence-corrected chi connectivity index (χ3v) is 2.69. The minimum absolute atomic E-state index is 0.682. The number of pyridine rings is 1. The number of rotatable bonds is 1. The van der Waals surface area contributed by atoms with Gasteiger partial charge < -0.3 is 0 Å². The Balaban J connectivity index is 2.26. The van der Waals surface area contributed by atoms with Crippen molar-refractivity contribution >= 4 is 10.9 Å². The molecule has 0 aliphatic heterocycles. The number of fused-ring (bicyclic) bond motifs is 1. The summed E-state index contributed by atoms with van der Waals surface area (Å²) >= 11 is 0. The third-order valence-electron chi connectivity index (χ3n) is 2.69. The van der Waals surface area contributed by atoms with Gasteiger partial charge in [0.1, 0.15) is 5.69 Å². The van der Waals surface area contributed by atoms with Crippen LogP contribution in [0, 0.1) is 6.92 Å². The summed E-state index contributed by atoms with van der Waals surface area (Å²) in [5.74, 6) is 0.682. The summed E-state index contributed by atoms with van der Waals surface area (Å²) in [7, 11) is 0. The van der Waals surface area contributed by atoms with E-state index in [1.165, 1.54) is 0 Å². The maximum atomic E-state index is 4.53. The number of aromatic nitrogens is 3. The second-order valence-electron chi connectivity index (χ2n) is 3.86. The molecular formula is C14H11N3. The van der Waals surface area contributed by atoms with Crippen molar-refractivity contribution in [3.63, 3.8) is 0 Å². The molecule has 3 heteroatoms. The van der Waals surface area contributed by atoms with Gasteiger partial charge in [-0.3, -0.25) is 4.98 Å². The maximum absolute atomic E-state index is 4.53. The second kappa shape index (κ2) is 3.94. The molecule has 17 heavy (non-hydrogen) atoms. The molecule has 0 radical (unpaired) electrons. The van der Waals surface area contributed by atoms with E-state index in [1.54, 1.807) is 6.20 Å². The van der Waals surface area contributed by atoms with E-state index in [4.69, 9.17) is 0 Å². The van der Waals surface area contributed by atoms with E-state index in [0.717, 1.165) is 22.3 Å². The lowest BCUT2D eigenvalue weighted by atomic mass is 10.2. The molecule has 0 atom stereocenters. The summed E-state index contributed by atoms with van der Waals surface area (Å²) in [5, 5.41) is 1.09. The summed E-state index contributed by atoms with van der Waals surface area (Å²) in [4.78, 5) is 13.3. The average molecular weight is 221 g/mol. The first-order valence-electron chi connectivity index (χ1n) is 5.49. The molecule has 0 amide bonds. The molecule has 3 rings (SSSR count). The van der Waals surface area contributed by atoms with Crippen molar-refractivity contribution < 1.29 is 0 Å². The van der Waals surface area contributed by atoms with Crippen LogP contribution in [0.1, 0.15) is 5.69 Å². The quantitative estimate of drug-likeness (QED) is 0.634. The number of aryl methyl sites for hydroxylation is 1. The molecule has 3 aromatic rings. The molecule has 0 unspecified atom stereocenters. The molecule has 0 saturated heterocycles.